The summed E-state index contributed by atoms with van der Waals surface area (Å²) in [5, 5.41) is 22.5. The van der Waals surface area contributed by atoms with Crippen LogP contribution in [0.2, 0.25) is 0 Å². The highest BCUT2D eigenvalue weighted by Gasteiger charge is 2.60. The third kappa shape index (κ3) is 2.02. The first-order valence-electron chi connectivity index (χ1n) is 5.98. The zero-order valence-corrected chi connectivity index (χ0v) is 10.9. The molecule has 0 aromatic heterocycles. The highest BCUT2D eigenvalue weighted by molar-refractivity contribution is 5.29. The predicted molar refractivity (Wildman–Crippen MR) is 67.2 cm³/mol. The van der Waals surface area contributed by atoms with E-state index in [1.54, 1.807) is 6.92 Å². The minimum atomic E-state index is -1.43. The molecule has 18 heavy (non-hydrogen) atoms. The molecule has 1 rings (SSSR count). The van der Waals surface area contributed by atoms with Gasteiger partial charge in [-0.1, -0.05) is 25.8 Å². The summed E-state index contributed by atoms with van der Waals surface area (Å²) in [5.74, 6) is 0. The van der Waals surface area contributed by atoms with Gasteiger partial charge in [0.2, 0.25) is 0 Å². The lowest BCUT2D eigenvalue weighted by atomic mass is 9.65. The van der Waals surface area contributed by atoms with Crippen molar-refractivity contribution in [3.63, 3.8) is 0 Å². The summed E-state index contributed by atoms with van der Waals surface area (Å²) >= 11 is 0. The van der Waals surface area contributed by atoms with Crippen LogP contribution in [0.25, 0.3) is 0 Å². The fourth-order valence-corrected chi connectivity index (χ4v) is 2.39. The molecular formula is C12H18N2O4. The standard InChI is InChI=1S/C12H18N2O4/c1-4-5-8-11(2)10(13(15)16)7-6-9-12(11,3)14(17)18/h6-7,9H,4-5,8H2,1-3H3. The Bertz CT molecular complexity index is 430. The minimum Gasteiger partial charge on any atom is -0.264 e. The zero-order valence-electron chi connectivity index (χ0n) is 10.9. The van der Waals surface area contributed by atoms with Crippen LogP contribution in [0.4, 0.5) is 0 Å². The van der Waals surface area contributed by atoms with E-state index in [1.807, 2.05) is 6.92 Å². The topological polar surface area (TPSA) is 86.3 Å². The number of nitro groups is 2. The average molecular weight is 254 g/mol. The molecule has 0 aromatic rings. The second kappa shape index (κ2) is 4.88. The highest BCUT2D eigenvalue weighted by atomic mass is 16.6. The summed E-state index contributed by atoms with van der Waals surface area (Å²) in [7, 11) is 0. The summed E-state index contributed by atoms with van der Waals surface area (Å²) in [6, 6.07) is 0. The predicted octanol–water partition coefficient (Wildman–Crippen LogP) is 2.95. The molecule has 2 atom stereocenters. The van der Waals surface area contributed by atoms with E-state index in [-0.39, 0.29) is 5.70 Å². The van der Waals surface area contributed by atoms with Gasteiger partial charge in [-0.05, 0) is 19.4 Å². The Morgan fingerprint density at radius 1 is 1.28 bits per heavy atom. The highest BCUT2D eigenvalue weighted by Crippen LogP contribution is 2.47. The van der Waals surface area contributed by atoms with Gasteiger partial charge in [-0.2, -0.15) is 0 Å². The molecule has 0 fully saturated rings. The van der Waals surface area contributed by atoms with E-state index in [0.717, 1.165) is 12.8 Å². The summed E-state index contributed by atoms with van der Waals surface area (Å²) in [5.41, 5.74) is -2.58. The average Bonchev–Trinajstić information content (AvgIpc) is 2.29. The normalized spacial score (nSPS) is 30.9. The van der Waals surface area contributed by atoms with Crippen molar-refractivity contribution in [3.8, 4) is 0 Å². The number of hydrogen-bond acceptors (Lipinski definition) is 4. The number of unbranched alkanes of at least 4 members (excludes halogenated alkanes) is 1. The van der Waals surface area contributed by atoms with E-state index >= 15 is 0 Å². The van der Waals surface area contributed by atoms with E-state index in [9.17, 15) is 20.2 Å². The molecule has 0 saturated carbocycles. The van der Waals surface area contributed by atoms with E-state index in [4.69, 9.17) is 0 Å². The van der Waals surface area contributed by atoms with Crippen LogP contribution in [0.15, 0.2) is 23.9 Å². The molecule has 0 aliphatic heterocycles. The van der Waals surface area contributed by atoms with Gasteiger partial charge in [-0.3, -0.25) is 20.2 Å². The molecule has 1 aliphatic carbocycles. The molecule has 0 aromatic carbocycles. The molecule has 6 nitrogen and oxygen atoms in total. The van der Waals surface area contributed by atoms with Crippen molar-refractivity contribution >= 4 is 0 Å². The maximum atomic E-state index is 11.3. The van der Waals surface area contributed by atoms with Crippen LogP contribution >= 0.6 is 0 Å². The van der Waals surface area contributed by atoms with Crippen LogP contribution in [0.3, 0.4) is 0 Å². The molecule has 6 heteroatoms. The van der Waals surface area contributed by atoms with Gasteiger partial charge in [0.25, 0.3) is 11.2 Å². The third-order valence-electron chi connectivity index (χ3n) is 3.96. The van der Waals surface area contributed by atoms with Crippen molar-refractivity contribution in [1.82, 2.24) is 0 Å². The summed E-state index contributed by atoms with van der Waals surface area (Å²) < 4.78 is 0. The Morgan fingerprint density at radius 3 is 2.33 bits per heavy atom. The van der Waals surface area contributed by atoms with Gasteiger partial charge < -0.3 is 0 Å². The smallest absolute Gasteiger partial charge is 0.259 e. The van der Waals surface area contributed by atoms with Crippen molar-refractivity contribution in [1.29, 1.82) is 0 Å². The van der Waals surface area contributed by atoms with Crippen LogP contribution in [0.1, 0.15) is 40.0 Å². The Balaban J connectivity index is 3.30. The largest absolute Gasteiger partial charge is 0.264 e. The SMILES string of the molecule is CCCCC1(C)C([N+](=O)[O-])=CC=CC1(C)[N+](=O)[O-]. The molecule has 0 amide bonds. The van der Waals surface area contributed by atoms with Crippen LogP contribution in [-0.2, 0) is 0 Å². The Labute approximate surface area is 106 Å². The van der Waals surface area contributed by atoms with Gasteiger partial charge in [0.1, 0.15) is 5.41 Å². The van der Waals surface area contributed by atoms with Crippen molar-refractivity contribution in [2.24, 2.45) is 5.41 Å². The number of rotatable bonds is 5. The Morgan fingerprint density at radius 2 is 1.89 bits per heavy atom. The van der Waals surface area contributed by atoms with Gasteiger partial charge >= 0.3 is 0 Å². The molecule has 1 aliphatic rings. The van der Waals surface area contributed by atoms with Crippen LogP contribution in [-0.4, -0.2) is 15.4 Å². The van der Waals surface area contributed by atoms with Gasteiger partial charge in [0, 0.05) is 17.9 Å². The Hall–Kier alpha value is -1.72. The van der Waals surface area contributed by atoms with Gasteiger partial charge in [0.05, 0.1) is 4.92 Å². The van der Waals surface area contributed by atoms with Crippen molar-refractivity contribution in [2.45, 2.75) is 45.6 Å². The lowest BCUT2D eigenvalue weighted by Crippen LogP contribution is -2.52. The zero-order chi connectivity index (χ0) is 14.0. The molecular weight excluding hydrogens is 236 g/mol. The Kier molecular flexibility index (Phi) is 3.88. The summed E-state index contributed by atoms with van der Waals surface area (Å²) in [6.45, 7) is 5.03. The number of allylic oxidation sites excluding steroid dienone is 2. The fraction of sp³-hybridized carbons (Fsp3) is 0.667. The maximum absolute atomic E-state index is 11.3. The van der Waals surface area contributed by atoms with Gasteiger partial charge in [0.15, 0.2) is 0 Å². The van der Waals surface area contributed by atoms with Crippen molar-refractivity contribution in [3.05, 3.63) is 44.2 Å². The van der Waals surface area contributed by atoms with E-state index in [0.29, 0.717) is 6.42 Å². The summed E-state index contributed by atoms with van der Waals surface area (Å²) in [6.07, 6.45) is 6.24. The molecule has 0 spiro atoms. The molecule has 100 valence electrons. The van der Waals surface area contributed by atoms with E-state index < -0.39 is 20.8 Å². The molecule has 0 saturated heterocycles. The van der Waals surface area contributed by atoms with Crippen LogP contribution in [0, 0.1) is 25.6 Å². The lowest BCUT2D eigenvalue weighted by Gasteiger charge is -2.36. The second-order valence-electron chi connectivity index (χ2n) is 5.01. The van der Waals surface area contributed by atoms with Gasteiger partial charge in [-0.25, -0.2) is 0 Å². The van der Waals surface area contributed by atoms with Crippen LogP contribution < -0.4 is 0 Å². The molecule has 0 radical (unpaired) electrons. The van der Waals surface area contributed by atoms with Crippen molar-refractivity contribution in [2.75, 3.05) is 0 Å². The van der Waals surface area contributed by atoms with Crippen molar-refractivity contribution < 1.29 is 9.85 Å². The molecule has 2 unspecified atom stereocenters. The summed E-state index contributed by atoms with van der Waals surface area (Å²) in [4.78, 5) is 21.5. The first kappa shape index (κ1) is 14.3. The van der Waals surface area contributed by atoms with Crippen LogP contribution in [0.5, 0.6) is 0 Å². The number of nitrogens with zero attached hydrogens (tertiary/aromatic N) is 2. The monoisotopic (exact) mass is 254 g/mol. The fourth-order valence-electron chi connectivity index (χ4n) is 2.39. The van der Waals surface area contributed by atoms with E-state index in [2.05, 4.69) is 0 Å². The molecule has 0 bridgehead atoms. The van der Waals surface area contributed by atoms with E-state index in [1.165, 1.54) is 25.2 Å². The molecule has 0 heterocycles. The van der Waals surface area contributed by atoms with Gasteiger partial charge in [-0.15, -0.1) is 0 Å². The minimum absolute atomic E-state index is 0.0716. The maximum Gasteiger partial charge on any atom is 0.259 e. The third-order valence-corrected chi connectivity index (χ3v) is 3.96. The first-order valence-corrected chi connectivity index (χ1v) is 5.98. The molecule has 0 N–H and O–H groups in total. The quantitative estimate of drug-likeness (QED) is 0.557. The number of hydrogen-bond donors (Lipinski definition) is 0. The first-order chi connectivity index (χ1) is 8.29. The second-order valence-corrected chi connectivity index (χ2v) is 5.01. The lowest BCUT2D eigenvalue weighted by molar-refractivity contribution is -0.581.